The lowest BCUT2D eigenvalue weighted by atomic mass is 9.98. The van der Waals surface area contributed by atoms with Gasteiger partial charge in [-0.2, -0.15) is 0 Å². The topological polar surface area (TPSA) is 98.8 Å². The molecular weight excluding hydrogens is 416 g/mol. The minimum absolute atomic E-state index is 0.0580. The number of nitrogens with one attached hydrogen (secondary N) is 1. The molecule has 2 aliphatic rings. The van der Waals surface area contributed by atoms with Gasteiger partial charge in [-0.3, -0.25) is 14.5 Å². The summed E-state index contributed by atoms with van der Waals surface area (Å²) in [5.74, 6) is -1.38. The van der Waals surface area contributed by atoms with Crippen LogP contribution in [0.5, 0.6) is 0 Å². The number of benzene rings is 1. The first-order valence-electron chi connectivity index (χ1n) is 9.11. The molecule has 2 saturated heterocycles. The van der Waals surface area contributed by atoms with Gasteiger partial charge in [0.05, 0.1) is 6.42 Å². The summed E-state index contributed by atoms with van der Waals surface area (Å²) in [4.78, 5) is 38.9. The third-order valence-electron chi connectivity index (χ3n) is 4.57. The van der Waals surface area contributed by atoms with E-state index in [-0.39, 0.29) is 18.1 Å². The highest BCUT2D eigenvalue weighted by Gasteiger charge is 2.63. The number of hydrogen-bond acceptors (Lipinski definition) is 5. The van der Waals surface area contributed by atoms with Crippen LogP contribution in [0.4, 0.5) is 0 Å². The van der Waals surface area contributed by atoms with Crippen LogP contribution in [0.2, 0.25) is 5.02 Å². The highest BCUT2D eigenvalue weighted by Crippen LogP contribution is 2.37. The first kappa shape index (κ1) is 21.7. The molecule has 156 valence electrons. The standard InChI is InChI=1S/C20H23ClN2O5S/c1-11-10-29(27)18-15(22-14(24)9-12-5-7-13(21)8-6-12)17(25)23(18)16(11)19(26)28-20(2,3)4/h5-8,15-16,18H,1,9-10H2,2-4H3,(H,22,24)/t15?,16?,18-,29?/m1/s1. The third kappa shape index (κ3) is 4.60. The Hall–Kier alpha value is -2.03. The number of rotatable bonds is 4. The van der Waals surface area contributed by atoms with E-state index >= 15 is 0 Å². The highest BCUT2D eigenvalue weighted by atomic mass is 35.5. The van der Waals surface area contributed by atoms with Gasteiger partial charge in [-0.15, -0.1) is 0 Å². The molecule has 0 aromatic heterocycles. The van der Waals surface area contributed by atoms with Crippen LogP contribution < -0.4 is 5.32 Å². The van der Waals surface area contributed by atoms with Crippen molar-refractivity contribution in [2.24, 2.45) is 0 Å². The van der Waals surface area contributed by atoms with Crippen LogP contribution in [0.3, 0.4) is 0 Å². The number of amides is 2. The average molecular weight is 439 g/mol. The lowest BCUT2D eigenvalue weighted by Gasteiger charge is -2.52. The van der Waals surface area contributed by atoms with E-state index in [0.29, 0.717) is 10.6 Å². The summed E-state index contributed by atoms with van der Waals surface area (Å²) >= 11 is 4.37. The Morgan fingerprint density at radius 2 is 1.97 bits per heavy atom. The number of hydrogen-bond donors (Lipinski definition) is 1. The quantitative estimate of drug-likeness (QED) is 0.333. The molecule has 4 atom stereocenters. The second-order valence-electron chi connectivity index (χ2n) is 8.10. The van der Waals surface area contributed by atoms with E-state index in [9.17, 15) is 18.9 Å². The predicted molar refractivity (Wildman–Crippen MR) is 110 cm³/mol. The fraction of sp³-hybridized carbons (Fsp3) is 0.450. The number of ether oxygens (including phenoxy) is 1. The van der Waals surface area contributed by atoms with E-state index in [0.717, 1.165) is 5.56 Å². The van der Waals surface area contributed by atoms with Crippen LogP contribution in [0.15, 0.2) is 36.4 Å². The predicted octanol–water partition coefficient (Wildman–Crippen LogP) is 1.56. The molecule has 0 radical (unpaired) electrons. The summed E-state index contributed by atoms with van der Waals surface area (Å²) < 4.78 is 18.0. The Morgan fingerprint density at radius 1 is 1.34 bits per heavy atom. The number of β-lactam (4-membered cyclic amide) rings is 1. The lowest BCUT2D eigenvalue weighted by molar-refractivity contribution is -0.170. The summed E-state index contributed by atoms with van der Waals surface area (Å²) in [5, 5.41) is 2.43. The van der Waals surface area contributed by atoms with Crippen LogP contribution in [0.25, 0.3) is 0 Å². The summed E-state index contributed by atoms with van der Waals surface area (Å²) in [6.45, 7) is 8.99. The zero-order valence-corrected chi connectivity index (χ0v) is 18.0. The largest absolute Gasteiger partial charge is 0.614 e. The van der Waals surface area contributed by atoms with Gasteiger partial charge in [-0.25, -0.2) is 4.79 Å². The Balaban J connectivity index is 1.70. The Bertz CT molecular complexity index is 851. The molecule has 0 bridgehead atoms. The molecule has 3 rings (SSSR count). The average Bonchev–Trinajstić information content (AvgIpc) is 2.59. The summed E-state index contributed by atoms with van der Waals surface area (Å²) in [6.07, 6.45) is 0.0580. The molecule has 2 amide bonds. The molecule has 2 fully saturated rings. The number of fused-ring (bicyclic) bond motifs is 1. The smallest absolute Gasteiger partial charge is 0.334 e. The van der Waals surface area contributed by atoms with Crippen LogP contribution in [0.1, 0.15) is 26.3 Å². The molecule has 1 N–H and O–H groups in total. The van der Waals surface area contributed by atoms with Crippen molar-refractivity contribution in [1.29, 1.82) is 0 Å². The molecule has 0 spiro atoms. The maximum atomic E-state index is 12.7. The third-order valence-corrected chi connectivity index (χ3v) is 6.51. The molecule has 9 heteroatoms. The normalized spacial score (nSPS) is 26.4. The van der Waals surface area contributed by atoms with E-state index in [4.69, 9.17) is 16.3 Å². The molecule has 2 aliphatic heterocycles. The zero-order chi connectivity index (χ0) is 21.5. The van der Waals surface area contributed by atoms with Gasteiger partial charge in [0.2, 0.25) is 11.3 Å². The van der Waals surface area contributed by atoms with Crippen LogP contribution in [-0.2, 0) is 36.7 Å². The second kappa shape index (κ2) is 8.01. The van der Waals surface area contributed by atoms with Crippen molar-refractivity contribution in [3.63, 3.8) is 0 Å². The van der Waals surface area contributed by atoms with E-state index in [1.54, 1.807) is 45.0 Å². The second-order valence-corrected chi connectivity index (χ2v) is 10.1. The molecular formula is C20H23ClN2O5S. The number of nitrogens with zero attached hydrogens (tertiary/aromatic N) is 1. The van der Waals surface area contributed by atoms with Crippen LogP contribution >= 0.6 is 11.6 Å². The van der Waals surface area contributed by atoms with Crippen molar-refractivity contribution in [2.45, 2.75) is 50.3 Å². The number of halogens is 1. The molecule has 7 nitrogen and oxygen atoms in total. The summed E-state index contributed by atoms with van der Waals surface area (Å²) in [7, 11) is 0. The first-order chi connectivity index (χ1) is 13.5. The Labute approximate surface area is 177 Å². The van der Waals surface area contributed by atoms with Gasteiger partial charge in [-0.1, -0.05) is 30.3 Å². The van der Waals surface area contributed by atoms with E-state index in [1.165, 1.54) is 4.90 Å². The maximum Gasteiger partial charge on any atom is 0.334 e. The lowest BCUT2D eigenvalue weighted by Crippen LogP contribution is -2.78. The molecule has 1 aromatic carbocycles. The fourth-order valence-electron chi connectivity index (χ4n) is 3.37. The van der Waals surface area contributed by atoms with Gasteiger partial charge in [-0.05, 0) is 49.6 Å². The van der Waals surface area contributed by atoms with Crippen LogP contribution in [0, 0.1) is 0 Å². The molecule has 1 aromatic rings. The van der Waals surface area contributed by atoms with Gasteiger partial charge < -0.3 is 14.6 Å². The number of esters is 1. The highest BCUT2D eigenvalue weighted by molar-refractivity contribution is 7.92. The zero-order valence-electron chi connectivity index (χ0n) is 16.4. The Morgan fingerprint density at radius 3 is 2.55 bits per heavy atom. The SMILES string of the molecule is C=C1C[S+]([O-])[C@@H]2C(NC(=O)Cc3ccc(Cl)cc3)C(=O)N2C1C(=O)OC(C)(C)C. The maximum absolute atomic E-state index is 12.7. The summed E-state index contributed by atoms with van der Waals surface area (Å²) in [6, 6.07) is 4.86. The molecule has 3 unspecified atom stereocenters. The van der Waals surface area contributed by atoms with Gasteiger partial charge >= 0.3 is 5.97 Å². The van der Waals surface area contributed by atoms with Gasteiger partial charge in [0, 0.05) is 10.6 Å². The van der Waals surface area contributed by atoms with E-state index in [2.05, 4.69) is 11.9 Å². The van der Waals surface area contributed by atoms with Crippen molar-refractivity contribution in [3.8, 4) is 0 Å². The molecule has 0 aliphatic carbocycles. The minimum atomic E-state index is -1.47. The van der Waals surface area contributed by atoms with Crippen molar-refractivity contribution >= 4 is 40.6 Å². The van der Waals surface area contributed by atoms with Crippen molar-refractivity contribution < 1.29 is 23.7 Å². The van der Waals surface area contributed by atoms with E-state index < -0.39 is 46.1 Å². The van der Waals surface area contributed by atoms with E-state index in [1.807, 2.05) is 0 Å². The van der Waals surface area contributed by atoms with Gasteiger partial charge in [0.15, 0.2) is 12.1 Å². The molecule has 0 saturated carbocycles. The van der Waals surface area contributed by atoms with Crippen molar-refractivity contribution in [3.05, 3.63) is 47.0 Å². The Kier molecular flexibility index (Phi) is 5.98. The van der Waals surface area contributed by atoms with Gasteiger partial charge in [0.25, 0.3) is 5.91 Å². The minimum Gasteiger partial charge on any atom is -0.614 e. The molecule has 2 heterocycles. The fourth-order valence-corrected chi connectivity index (χ4v) is 5.15. The monoisotopic (exact) mass is 438 g/mol. The van der Waals surface area contributed by atoms with Crippen molar-refractivity contribution in [1.82, 2.24) is 10.2 Å². The number of carbonyl (C=O) groups excluding carboxylic acids is 3. The molecule has 29 heavy (non-hydrogen) atoms. The summed E-state index contributed by atoms with van der Waals surface area (Å²) in [5.41, 5.74) is 0.372. The number of carbonyl (C=O) groups is 3. The first-order valence-corrected chi connectivity index (χ1v) is 10.9. The van der Waals surface area contributed by atoms with Crippen LogP contribution in [-0.4, -0.2) is 56.0 Å². The van der Waals surface area contributed by atoms with Crippen molar-refractivity contribution in [2.75, 3.05) is 5.75 Å². The van der Waals surface area contributed by atoms with Gasteiger partial charge in [0.1, 0.15) is 11.4 Å².